The average molecular weight is 368 g/mol. The van der Waals surface area contributed by atoms with Crippen molar-refractivity contribution in [3.63, 3.8) is 0 Å². The molecule has 1 aliphatic rings. The van der Waals surface area contributed by atoms with E-state index in [1.807, 2.05) is 0 Å². The van der Waals surface area contributed by atoms with Crippen molar-refractivity contribution in [2.24, 2.45) is 5.92 Å². The van der Waals surface area contributed by atoms with Gasteiger partial charge < -0.3 is 10.6 Å². The van der Waals surface area contributed by atoms with Crippen molar-refractivity contribution in [1.29, 1.82) is 0 Å². The molecule has 7 heteroatoms. The maximum Gasteiger partial charge on any atom is 0.220 e. The second-order valence-corrected chi connectivity index (χ2v) is 6.72. The predicted molar refractivity (Wildman–Crippen MR) is 97.6 cm³/mol. The molecular formula is C15H27Cl2N3OS. The van der Waals surface area contributed by atoms with Crippen LogP contribution in [0.15, 0.2) is 5.38 Å². The van der Waals surface area contributed by atoms with Gasteiger partial charge in [0.05, 0.1) is 10.7 Å². The van der Waals surface area contributed by atoms with E-state index in [-0.39, 0.29) is 30.7 Å². The number of amides is 1. The first-order valence-electron chi connectivity index (χ1n) is 7.57. The number of thiazole rings is 1. The smallest absolute Gasteiger partial charge is 0.220 e. The summed E-state index contributed by atoms with van der Waals surface area (Å²) in [5, 5.41) is 9.62. The molecule has 128 valence electrons. The largest absolute Gasteiger partial charge is 0.356 e. The fourth-order valence-electron chi connectivity index (χ4n) is 2.42. The summed E-state index contributed by atoms with van der Waals surface area (Å²) in [7, 11) is 0. The fraction of sp³-hybridized carbons (Fsp3) is 0.733. The molecule has 0 spiro atoms. The van der Waals surface area contributed by atoms with Crippen LogP contribution in [0.1, 0.15) is 49.7 Å². The second kappa shape index (κ2) is 11.2. The SMILES string of the molecule is CC(C)c1nc(CCNC(=O)CCC2CCNC2)cs1.Cl.Cl. The van der Waals surface area contributed by atoms with Crippen LogP contribution in [0.25, 0.3) is 0 Å². The molecule has 1 amide bonds. The summed E-state index contributed by atoms with van der Waals surface area (Å²) in [4.78, 5) is 16.3. The van der Waals surface area contributed by atoms with Crippen molar-refractivity contribution in [2.75, 3.05) is 19.6 Å². The minimum atomic E-state index is 0. The summed E-state index contributed by atoms with van der Waals surface area (Å²) in [5.41, 5.74) is 1.10. The Labute approximate surface area is 149 Å². The number of carbonyl (C=O) groups excluding carboxylic acids is 1. The van der Waals surface area contributed by atoms with E-state index >= 15 is 0 Å². The average Bonchev–Trinajstić information content (AvgIpc) is 3.07. The monoisotopic (exact) mass is 367 g/mol. The molecule has 1 unspecified atom stereocenters. The number of halogens is 2. The Kier molecular flexibility index (Phi) is 11.0. The van der Waals surface area contributed by atoms with Gasteiger partial charge in [-0.3, -0.25) is 4.79 Å². The normalized spacial score (nSPS) is 17.0. The lowest BCUT2D eigenvalue weighted by Gasteiger charge is -2.08. The zero-order valence-electron chi connectivity index (χ0n) is 13.3. The number of aromatic nitrogens is 1. The number of rotatable bonds is 7. The topological polar surface area (TPSA) is 54.0 Å². The van der Waals surface area contributed by atoms with E-state index in [9.17, 15) is 4.79 Å². The Balaban J connectivity index is 0.00000220. The van der Waals surface area contributed by atoms with Crippen molar-refractivity contribution >= 4 is 42.1 Å². The zero-order chi connectivity index (χ0) is 14.4. The highest BCUT2D eigenvalue weighted by atomic mass is 35.5. The van der Waals surface area contributed by atoms with Crippen molar-refractivity contribution in [1.82, 2.24) is 15.6 Å². The van der Waals surface area contributed by atoms with Crippen LogP contribution in [0.3, 0.4) is 0 Å². The molecule has 1 atom stereocenters. The molecule has 1 aliphatic heterocycles. The molecule has 1 aromatic heterocycles. The standard InChI is InChI=1S/C15H25N3OS.2ClH/c1-11(2)15-18-13(10-20-15)6-8-17-14(19)4-3-12-5-7-16-9-12;;/h10-12,16H,3-9H2,1-2H3,(H,17,19);2*1H. The lowest BCUT2D eigenvalue weighted by atomic mass is 10.0. The van der Waals surface area contributed by atoms with E-state index in [1.54, 1.807) is 11.3 Å². The van der Waals surface area contributed by atoms with E-state index in [4.69, 9.17) is 0 Å². The molecule has 0 aliphatic carbocycles. The van der Waals surface area contributed by atoms with Crippen LogP contribution >= 0.6 is 36.2 Å². The quantitative estimate of drug-likeness (QED) is 0.777. The van der Waals surface area contributed by atoms with Gasteiger partial charge in [-0.1, -0.05) is 13.8 Å². The number of carbonyl (C=O) groups is 1. The maximum absolute atomic E-state index is 11.8. The third-order valence-corrected chi connectivity index (χ3v) is 4.90. The van der Waals surface area contributed by atoms with Crippen molar-refractivity contribution in [3.8, 4) is 0 Å². The van der Waals surface area contributed by atoms with E-state index in [0.717, 1.165) is 31.6 Å². The van der Waals surface area contributed by atoms with Crippen LogP contribution in [0.4, 0.5) is 0 Å². The van der Waals surface area contributed by atoms with Crippen LogP contribution in [0.5, 0.6) is 0 Å². The highest BCUT2D eigenvalue weighted by Gasteiger charge is 2.15. The Bertz CT molecular complexity index is 434. The predicted octanol–water partition coefficient (Wildman–Crippen LogP) is 3.16. The van der Waals surface area contributed by atoms with Gasteiger partial charge in [0.15, 0.2) is 0 Å². The molecule has 4 nitrogen and oxygen atoms in total. The lowest BCUT2D eigenvalue weighted by molar-refractivity contribution is -0.121. The number of nitrogens with one attached hydrogen (secondary N) is 2. The van der Waals surface area contributed by atoms with Gasteiger partial charge in [0.25, 0.3) is 0 Å². The highest BCUT2D eigenvalue weighted by molar-refractivity contribution is 7.09. The molecule has 0 aromatic carbocycles. The fourth-order valence-corrected chi connectivity index (χ4v) is 3.29. The number of nitrogens with zero attached hydrogens (tertiary/aromatic N) is 1. The summed E-state index contributed by atoms with van der Waals surface area (Å²) >= 11 is 1.71. The molecule has 1 aromatic rings. The Morgan fingerprint density at radius 1 is 1.50 bits per heavy atom. The van der Waals surface area contributed by atoms with E-state index in [1.165, 1.54) is 11.4 Å². The molecule has 0 radical (unpaired) electrons. The van der Waals surface area contributed by atoms with Gasteiger partial charge in [0, 0.05) is 30.7 Å². The molecule has 1 fully saturated rings. The summed E-state index contributed by atoms with van der Waals surface area (Å²) in [5.74, 6) is 1.35. The number of hydrogen-bond acceptors (Lipinski definition) is 4. The van der Waals surface area contributed by atoms with Gasteiger partial charge in [-0.05, 0) is 31.8 Å². The zero-order valence-corrected chi connectivity index (χ0v) is 15.7. The van der Waals surface area contributed by atoms with Crippen molar-refractivity contribution < 1.29 is 4.79 Å². The molecule has 2 rings (SSSR count). The van der Waals surface area contributed by atoms with Crippen LogP contribution in [0, 0.1) is 5.92 Å². The summed E-state index contributed by atoms with van der Waals surface area (Å²) < 4.78 is 0. The van der Waals surface area contributed by atoms with Crippen molar-refractivity contribution in [3.05, 3.63) is 16.1 Å². The van der Waals surface area contributed by atoms with Crippen LogP contribution < -0.4 is 10.6 Å². The molecule has 2 heterocycles. The molecule has 0 saturated carbocycles. The Morgan fingerprint density at radius 2 is 2.27 bits per heavy atom. The summed E-state index contributed by atoms with van der Waals surface area (Å²) in [6, 6.07) is 0. The first-order chi connectivity index (χ1) is 9.65. The van der Waals surface area contributed by atoms with Crippen LogP contribution in [-0.4, -0.2) is 30.5 Å². The van der Waals surface area contributed by atoms with E-state index in [2.05, 4.69) is 34.8 Å². The first kappa shape index (κ1) is 21.6. The third kappa shape index (κ3) is 7.27. The molecule has 2 N–H and O–H groups in total. The van der Waals surface area contributed by atoms with Crippen molar-refractivity contribution in [2.45, 2.75) is 45.4 Å². The maximum atomic E-state index is 11.8. The number of hydrogen-bond donors (Lipinski definition) is 2. The van der Waals surface area contributed by atoms with Gasteiger partial charge in [0.1, 0.15) is 0 Å². The Morgan fingerprint density at radius 3 is 2.86 bits per heavy atom. The third-order valence-electron chi connectivity index (χ3n) is 3.71. The first-order valence-corrected chi connectivity index (χ1v) is 8.45. The van der Waals surface area contributed by atoms with Crippen LogP contribution in [-0.2, 0) is 11.2 Å². The van der Waals surface area contributed by atoms with Gasteiger partial charge in [-0.15, -0.1) is 36.2 Å². The van der Waals surface area contributed by atoms with E-state index in [0.29, 0.717) is 24.8 Å². The minimum Gasteiger partial charge on any atom is -0.356 e. The minimum absolute atomic E-state index is 0. The second-order valence-electron chi connectivity index (χ2n) is 5.83. The molecule has 0 bridgehead atoms. The van der Waals surface area contributed by atoms with Crippen LogP contribution in [0.2, 0.25) is 0 Å². The molecule has 1 saturated heterocycles. The van der Waals surface area contributed by atoms with Gasteiger partial charge in [0.2, 0.25) is 5.91 Å². The summed E-state index contributed by atoms with van der Waals surface area (Å²) in [6.07, 6.45) is 3.71. The Hall–Kier alpha value is -0.360. The molecular weight excluding hydrogens is 341 g/mol. The van der Waals surface area contributed by atoms with Gasteiger partial charge in [-0.25, -0.2) is 4.98 Å². The summed E-state index contributed by atoms with van der Waals surface area (Å²) in [6.45, 7) is 7.19. The highest BCUT2D eigenvalue weighted by Crippen LogP contribution is 2.19. The molecule has 22 heavy (non-hydrogen) atoms. The van der Waals surface area contributed by atoms with Gasteiger partial charge >= 0.3 is 0 Å². The van der Waals surface area contributed by atoms with E-state index < -0.39 is 0 Å². The van der Waals surface area contributed by atoms with Gasteiger partial charge in [-0.2, -0.15) is 0 Å². The lowest BCUT2D eigenvalue weighted by Crippen LogP contribution is -2.26.